The first kappa shape index (κ1) is 27.5. The normalized spacial score (nSPS) is 15.2. The number of carbonyl (C=O) groups excluding carboxylic acids is 2. The molecule has 41 heavy (non-hydrogen) atoms. The van der Waals surface area contributed by atoms with Gasteiger partial charge in [-0.15, -0.1) is 10.2 Å². The van der Waals surface area contributed by atoms with Crippen molar-refractivity contribution in [2.75, 3.05) is 12.0 Å². The second kappa shape index (κ2) is 11.3. The molecule has 5 aromatic rings. The van der Waals surface area contributed by atoms with Gasteiger partial charge in [0.1, 0.15) is 0 Å². The summed E-state index contributed by atoms with van der Waals surface area (Å²) in [7, 11) is 1.51. The number of methoxy groups -OCH3 is 1. The number of rotatable bonds is 8. The van der Waals surface area contributed by atoms with Crippen LogP contribution in [0.4, 0.5) is 5.13 Å². The number of aliphatic hydroxyl groups excluding tert-OH is 1. The summed E-state index contributed by atoms with van der Waals surface area (Å²) in [4.78, 5) is 28.8. The van der Waals surface area contributed by atoms with E-state index in [9.17, 15) is 14.7 Å². The fraction of sp³-hybridized carbons (Fsp3) is 0.103. The minimum atomic E-state index is -0.968. The fourth-order valence-corrected chi connectivity index (χ4v) is 6.92. The fourth-order valence-electron chi connectivity index (χ4n) is 4.55. The molecule has 3 heterocycles. The van der Waals surface area contributed by atoms with Gasteiger partial charge in [-0.3, -0.25) is 14.5 Å². The van der Waals surface area contributed by atoms with E-state index in [1.165, 1.54) is 35.1 Å². The number of hydrogen-bond donors (Lipinski definition) is 1. The van der Waals surface area contributed by atoms with E-state index < -0.39 is 23.5 Å². The molecular formula is C29H19BrClN3O5S2. The smallest absolute Gasteiger partial charge is 0.296 e. The second-order valence-electron chi connectivity index (χ2n) is 8.98. The molecule has 0 radical (unpaired) electrons. The van der Waals surface area contributed by atoms with Crippen molar-refractivity contribution in [3.8, 4) is 5.75 Å². The van der Waals surface area contributed by atoms with Crippen LogP contribution in [0.2, 0.25) is 5.02 Å². The molecule has 1 atom stereocenters. The van der Waals surface area contributed by atoms with Crippen LogP contribution in [0.25, 0.3) is 11.0 Å². The van der Waals surface area contributed by atoms with E-state index in [1.54, 1.807) is 42.5 Å². The SMILES string of the molecule is COc1cccc2cc(C(=O)C3=C(O)C(=O)N(c4nnc(SCc5ccc(Cl)cc5)s4)C3c3cccc(Br)c3)oc12. The van der Waals surface area contributed by atoms with Gasteiger partial charge in [-0.25, -0.2) is 0 Å². The number of para-hydroxylation sites is 1. The number of thioether (sulfide) groups is 1. The minimum absolute atomic E-state index is 0.0304. The number of fused-ring (bicyclic) bond motifs is 1. The van der Waals surface area contributed by atoms with E-state index in [1.807, 2.05) is 30.3 Å². The number of anilines is 1. The van der Waals surface area contributed by atoms with Gasteiger partial charge in [-0.1, -0.05) is 87.0 Å². The molecule has 0 fully saturated rings. The Morgan fingerprint density at radius 2 is 1.93 bits per heavy atom. The van der Waals surface area contributed by atoms with E-state index in [2.05, 4.69) is 26.1 Å². The number of furan rings is 1. The Bertz CT molecular complexity index is 1840. The molecule has 2 aromatic heterocycles. The van der Waals surface area contributed by atoms with Gasteiger partial charge in [0.15, 0.2) is 27.2 Å². The molecule has 8 nitrogen and oxygen atoms in total. The number of hydrogen-bond acceptors (Lipinski definition) is 9. The molecule has 0 bridgehead atoms. The molecule has 0 saturated carbocycles. The second-order valence-corrected chi connectivity index (χ2v) is 12.5. The summed E-state index contributed by atoms with van der Waals surface area (Å²) in [5.41, 5.74) is 1.93. The molecule has 0 aliphatic carbocycles. The molecule has 3 aromatic carbocycles. The number of nitrogens with zero attached hydrogens (tertiary/aromatic N) is 3. The summed E-state index contributed by atoms with van der Waals surface area (Å²) in [5.74, 6) is -0.988. The first-order chi connectivity index (χ1) is 19.8. The van der Waals surface area contributed by atoms with Crippen LogP contribution < -0.4 is 9.64 Å². The van der Waals surface area contributed by atoms with Crippen LogP contribution in [0.1, 0.15) is 27.7 Å². The molecule has 1 aliphatic heterocycles. The molecule has 1 unspecified atom stereocenters. The number of carbonyl (C=O) groups is 2. The quantitative estimate of drug-likeness (QED) is 0.102. The Balaban J connectivity index is 1.37. The number of benzene rings is 3. The van der Waals surface area contributed by atoms with E-state index in [0.29, 0.717) is 37.4 Å². The average Bonchev–Trinajstić information content (AvgIpc) is 3.69. The lowest BCUT2D eigenvalue weighted by atomic mass is 9.95. The largest absolute Gasteiger partial charge is 0.503 e. The van der Waals surface area contributed by atoms with Gasteiger partial charge in [0.25, 0.3) is 5.91 Å². The van der Waals surface area contributed by atoms with Crippen LogP contribution in [0.15, 0.2) is 97.4 Å². The molecule has 0 spiro atoms. The Hall–Kier alpha value is -3.64. The molecule has 1 N–H and O–H groups in total. The van der Waals surface area contributed by atoms with Crippen molar-refractivity contribution in [3.05, 3.63) is 111 Å². The maximum absolute atomic E-state index is 13.9. The Morgan fingerprint density at radius 3 is 2.68 bits per heavy atom. The number of ether oxygens (including phenoxy) is 1. The van der Waals surface area contributed by atoms with Gasteiger partial charge in [-0.2, -0.15) is 0 Å². The van der Waals surface area contributed by atoms with Crippen LogP contribution >= 0.6 is 50.6 Å². The Labute approximate surface area is 255 Å². The lowest BCUT2D eigenvalue weighted by molar-refractivity contribution is -0.117. The van der Waals surface area contributed by atoms with Crippen LogP contribution in [-0.4, -0.2) is 34.1 Å². The van der Waals surface area contributed by atoms with Crippen molar-refractivity contribution in [1.29, 1.82) is 0 Å². The minimum Gasteiger partial charge on any atom is -0.503 e. The lowest BCUT2D eigenvalue weighted by Crippen LogP contribution is -2.31. The zero-order chi connectivity index (χ0) is 28.7. The van der Waals surface area contributed by atoms with Crippen molar-refractivity contribution >= 4 is 78.4 Å². The molecule has 1 aliphatic rings. The summed E-state index contributed by atoms with van der Waals surface area (Å²) in [5, 5.41) is 21.2. The van der Waals surface area contributed by atoms with Crippen molar-refractivity contribution in [3.63, 3.8) is 0 Å². The molecular weight excluding hydrogens is 650 g/mol. The zero-order valence-corrected chi connectivity index (χ0v) is 25.2. The third-order valence-electron chi connectivity index (χ3n) is 6.45. The van der Waals surface area contributed by atoms with Crippen LogP contribution in [0, 0.1) is 0 Å². The predicted molar refractivity (Wildman–Crippen MR) is 162 cm³/mol. The number of Topliss-reactive ketones (excluding diaryl/α,β-unsaturated/α-hetero) is 1. The Kier molecular flexibility index (Phi) is 7.60. The number of aliphatic hydroxyl groups is 1. The standard InChI is InChI=1S/C29H19BrClN3O5S2/c1-38-20-7-3-5-17-13-21(39-26(17)20)24(35)22-23(16-4-2-6-18(30)12-16)34(27(37)25(22)36)28-32-33-29(41-28)40-14-15-8-10-19(31)11-9-15/h2-13,23,36H,14H2,1H3. The highest BCUT2D eigenvalue weighted by Gasteiger charge is 2.47. The monoisotopic (exact) mass is 667 g/mol. The van der Waals surface area contributed by atoms with E-state index in [0.717, 1.165) is 10.0 Å². The van der Waals surface area contributed by atoms with Gasteiger partial charge < -0.3 is 14.3 Å². The first-order valence-corrected chi connectivity index (χ1v) is 15.2. The third kappa shape index (κ3) is 5.26. The number of amides is 1. The molecule has 206 valence electrons. The molecule has 6 rings (SSSR count). The van der Waals surface area contributed by atoms with Gasteiger partial charge >= 0.3 is 0 Å². The third-order valence-corrected chi connectivity index (χ3v) is 9.32. The van der Waals surface area contributed by atoms with Crippen molar-refractivity contribution in [2.24, 2.45) is 0 Å². The predicted octanol–water partition coefficient (Wildman–Crippen LogP) is 7.78. The summed E-state index contributed by atoms with van der Waals surface area (Å²) in [6.07, 6.45) is 0. The Morgan fingerprint density at radius 1 is 1.15 bits per heavy atom. The van der Waals surface area contributed by atoms with Crippen LogP contribution in [0.3, 0.4) is 0 Å². The molecule has 0 saturated heterocycles. The maximum Gasteiger partial charge on any atom is 0.296 e. The first-order valence-electron chi connectivity index (χ1n) is 12.2. The van der Waals surface area contributed by atoms with Crippen LogP contribution in [0.5, 0.6) is 5.75 Å². The number of aromatic nitrogens is 2. The summed E-state index contributed by atoms with van der Waals surface area (Å²) >= 11 is 12.1. The van der Waals surface area contributed by atoms with Crippen molar-refractivity contribution in [1.82, 2.24) is 10.2 Å². The summed E-state index contributed by atoms with van der Waals surface area (Å²) < 4.78 is 12.6. The topological polar surface area (TPSA) is 106 Å². The van der Waals surface area contributed by atoms with Gasteiger partial charge in [0.2, 0.25) is 10.9 Å². The van der Waals surface area contributed by atoms with Gasteiger partial charge in [-0.05, 0) is 47.5 Å². The maximum atomic E-state index is 13.9. The number of ketones is 1. The zero-order valence-electron chi connectivity index (χ0n) is 21.2. The van der Waals surface area contributed by atoms with Gasteiger partial charge in [0.05, 0.1) is 18.7 Å². The molecule has 1 amide bonds. The van der Waals surface area contributed by atoms with E-state index in [4.69, 9.17) is 20.8 Å². The highest BCUT2D eigenvalue weighted by Crippen LogP contribution is 2.45. The highest BCUT2D eigenvalue weighted by atomic mass is 79.9. The summed E-state index contributed by atoms with van der Waals surface area (Å²) in [6, 6.07) is 20.6. The molecule has 12 heteroatoms. The highest BCUT2D eigenvalue weighted by molar-refractivity contribution is 9.10. The lowest BCUT2D eigenvalue weighted by Gasteiger charge is -2.24. The van der Waals surface area contributed by atoms with E-state index in [-0.39, 0.29) is 16.5 Å². The van der Waals surface area contributed by atoms with Gasteiger partial charge in [0, 0.05) is 20.6 Å². The van der Waals surface area contributed by atoms with E-state index >= 15 is 0 Å². The van der Waals surface area contributed by atoms with Crippen LogP contribution in [-0.2, 0) is 10.5 Å². The summed E-state index contributed by atoms with van der Waals surface area (Å²) in [6.45, 7) is 0. The van der Waals surface area contributed by atoms with Crippen molar-refractivity contribution in [2.45, 2.75) is 16.1 Å². The number of halogens is 2. The van der Waals surface area contributed by atoms with Crippen molar-refractivity contribution < 1.29 is 23.8 Å². The average molecular weight is 669 g/mol.